The lowest BCUT2D eigenvalue weighted by Gasteiger charge is -2.32. The quantitative estimate of drug-likeness (QED) is 0.338. The number of carbonyl (C=O) groups excluding carboxylic acids is 1. The van der Waals surface area contributed by atoms with Crippen molar-refractivity contribution >= 4 is 29.5 Å². The molecular weight excluding hydrogens is 471 g/mol. The fourth-order valence-electron chi connectivity index (χ4n) is 4.75. The number of aromatic nitrogens is 2. The molecule has 5 rings (SSSR count). The highest BCUT2D eigenvalue weighted by molar-refractivity contribution is 6.62. The summed E-state index contributed by atoms with van der Waals surface area (Å²) in [4.78, 5) is 12.1. The van der Waals surface area contributed by atoms with E-state index in [1.54, 1.807) is 6.92 Å². The predicted octanol–water partition coefficient (Wildman–Crippen LogP) is 3.98. The van der Waals surface area contributed by atoms with E-state index in [9.17, 15) is 4.79 Å². The standard InChI is InChI=1S/C28H35BN2O6/c1-6-34-26(32)15-19-9-7-8-10-25(19)35-18-23-22-16-20(29-36-27(2,3)28(4,5)37-29)11-12-24(22)31(30-23)21-13-14-33-17-21/h7-12,16,21H,6,13-15,17-18H2,1-5H3. The molecule has 0 radical (unpaired) electrons. The van der Waals surface area contributed by atoms with Gasteiger partial charge in [-0.25, -0.2) is 0 Å². The monoisotopic (exact) mass is 506 g/mol. The van der Waals surface area contributed by atoms with Crippen molar-refractivity contribution in [2.75, 3.05) is 19.8 Å². The van der Waals surface area contributed by atoms with Crippen LogP contribution in [0.5, 0.6) is 5.75 Å². The zero-order valence-electron chi connectivity index (χ0n) is 22.3. The van der Waals surface area contributed by atoms with E-state index in [1.165, 1.54) is 0 Å². The van der Waals surface area contributed by atoms with Crippen LogP contribution in [0, 0.1) is 0 Å². The van der Waals surface area contributed by atoms with Crippen LogP contribution in [0.1, 0.15) is 58.3 Å². The molecule has 1 unspecified atom stereocenters. The van der Waals surface area contributed by atoms with Crippen molar-refractivity contribution in [3.63, 3.8) is 0 Å². The molecule has 196 valence electrons. The van der Waals surface area contributed by atoms with E-state index < -0.39 is 18.3 Å². The summed E-state index contributed by atoms with van der Waals surface area (Å²) in [5.41, 5.74) is 2.71. The number of hydrogen-bond donors (Lipinski definition) is 0. The molecule has 0 aliphatic carbocycles. The molecule has 9 heteroatoms. The third-order valence-electron chi connectivity index (χ3n) is 7.56. The van der Waals surface area contributed by atoms with Crippen molar-refractivity contribution < 1.29 is 28.3 Å². The van der Waals surface area contributed by atoms with Crippen LogP contribution in [0.25, 0.3) is 10.9 Å². The Bertz CT molecular complexity index is 1260. The van der Waals surface area contributed by atoms with Gasteiger partial charge in [-0.3, -0.25) is 9.48 Å². The average Bonchev–Trinajstić information content (AvgIpc) is 3.55. The van der Waals surface area contributed by atoms with Crippen molar-refractivity contribution in [2.45, 2.75) is 71.3 Å². The molecule has 3 aromatic rings. The van der Waals surface area contributed by atoms with Crippen molar-refractivity contribution in [3.05, 3.63) is 53.7 Å². The van der Waals surface area contributed by atoms with Crippen molar-refractivity contribution in [3.8, 4) is 5.75 Å². The Labute approximate surface area is 218 Å². The highest BCUT2D eigenvalue weighted by atomic mass is 16.7. The maximum Gasteiger partial charge on any atom is 0.494 e. The number of benzene rings is 2. The molecule has 1 atom stereocenters. The number of rotatable bonds is 8. The molecule has 2 fully saturated rings. The highest BCUT2D eigenvalue weighted by Gasteiger charge is 2.51. The molecule has 0 bridgehead atoms. The molecule has 0 N–H and O–H groups in total. The van der Waals surface area contributed by atoms with Crippen LogP contribution in [-0.2, 0) is 36.6 Å². The van der Waals surface area contributed by atoms with Gasteiger partial charge in [0.25, 0.3) is 0 Å². The zero-order chi connectivity index (χ0) is 26.2. The van der Waals surface area contributed by atoms with E-state index in [4.69, 9.17) is 28.6 Å². The molecule has 2 aliphatic rings. The minimum Gasteiger partial charge on any atom is -0.487 e. The predicted molar refractivity (Wildman–Crippen MR) is 141 cm³/mol. The van der Waals surface area contributed by atoms with Gasteiger partial charge in [-0.15, -0.1) is 0 Å². The Morgan fingerprint density at radius 3 is 2.59 bits per heavy atom. The second-order valence-electron chi connectivity index (χ2n) is 10.7. The molecule has 37 heavy (non-hydrogen) atoms. The Balaban J connectivity index is 1.46. The summed E-state index contributed by atoms with van der Waals surface area (Å²) in [6.45, 7) is 12.0. The van der Waals surface area contributed by atoms with E-state index in [-0.39, 0.29) is 25.0 Å². The second-order valence-corrected chi connectivity index (χ2v) is 10.7. The number of esters is 1. The van der Waals surface area contributed by atoms with Gasteiger partial charge in [-0.05, 0) is 58.6 Å². The Kier molecular flexibility index (Phi) is 7.04. The molecule has 0 spiro atoms. The van der Waals surface area contributed by atoms with Gasteiger partial charge < -0.3 is 23.5 Å². The Morgan fingerprint density at radius 2 is 1.89 bits per heavy atom. The summed E-state index contributed by atoms with van der Waals surface area (Å²) in [6, 6.07) is 13.9. The molecule has 0 amide bonds. The summed E-state index contributed by atoms with van der Waals surface area (Å²) in [6.07, 6.45) is 1.07. The Hall–Kier alpha value is -2.88. The van der Waals surface area contributed by atoms with Crippen molar-refractivity contribution in [1.82, 2.24) is 9.78 Å². The molecule has 2 aromatic carbocycles. The minimum atomic E-state index is -0.466. The molecule has 2 aliphatic heterocycles. The lowest BCUT2D eigenvalue weighted by Crippen LogP contribution is -2.41. The number of ether oxygens (including phenoxy) is 3. The number of nitrogens with zero attached hydrogens (tertiary/aromatic N) is 2. The number of carbonyl (C=O) groups is 1. The topological polar surface area (TPSA) is 81.0 Å². The SMILES string of the molecule is CCOC(=O)Cc1ccccc1OCc1nn(C2CCOC2)c2ccc(B3OC(C)(C)C(C)(C)O3)cc12. The van der Waals surface area contributed by atoms with E-state index >= 15 is 0 Å². The second kappa shape index (κ2) is 10.1. The Morgan fingerprint density at radius 1 is 1.14 bits per heavy atom. The van der Waals surface area contributed by atoms with Gasteiger partial charge in [0, 0.05) is 17.6 Å². The highest BCUT2D eigenvalue weighted by Crippen LogP contribution is 2.37. The van der Waals surface area contributed by atoms with Crippen LogP contribution in [0.2, 0.25) is 0 Å². The van der Waals surface area contributed by atoms with Gasteiger partial charge in [-0.2, -0.15) is 5.10 Å². The molecule has 2 saturated heterocycles. The van der Waals surface area contributed by atoms with Gasteiger partial charge >= 0.3 is 13.1 Å². The van der Waals surface area contributed by atoms with Gasteiger partial charge in [0.05, 0.1) is 42.4 Å². The number of para-hydroxylation sites is 1. The van der Waals surface area contributed by atoms with Crippen molar-refractivity contribution in [1.29, 1.82) is 0 Å². The van der Waals surface area contributed by atoms with Gasteiger partial charge in [-0.1, -0.05) is 30.3 Å². The zero-order valence-corrected chi connectivity index (χ0v) is 22.3. The maximum absolute atomic E-state index is 12.1. The molecule has 3 heterocycles. The third-order valence-corrected chi connectivity index (χ3v) is 7.56. The summed E-state index contributed by atoms with van der Waals surface area (Å²) in [5.74, 6) is 0.367. The van der Waals surface area contributed by atoms with E-state index in [0.717, 1.165) is 40.7 Å². The fourth-order valence-corrected chi connectivity index (χ4v) is 4.75. The van der Waals surface area contributed by atoms with E-state index in [2.05, 4.69) is 50.6 Å². The van der Waals surface area contributed by atoms with Crippen LogP contribution in [-0.4, -0.2) is 53.9 Å². The van der Waals surface area contributed by atoms with Crippen LogP contribution in [0.4, 0.5) is 0 Å². The smallest absolute Gasteiger partial charge is 0.487 e. The first-order chi connectivity index (χ1) is 17.7. The minimum absolute atomic E-state index is 0.157. The molecule has 1 aromatic heterocycles. The van der Waals surface area contributed by atoms with Crippen LogP contribution in [0.3, 0.4) is 0 Å². The van der Waals surface area contributed by atoms with E-state index in [1.807, 2.05) is 24.3 Å². The number of fused-ring (bicyclic) bond motifs is 1. The van der Waals surface area contributed by atoms with Crippen LogP contribution in [0.15, 0.2) is 42.5 Å². The molecular formula is C28H35BN2O6. The lowest BCUT2D eigenvalue weighted by molar-refractivity contribution is -0.142. The van der Waals surface area contributed by atoms with Gasteiger partial charge in [0.15, 0.2) is 0 Å². The first kappa shape index (κ1) is 25.8. The maximum atomic E-state index is 12.1. The van der Waals surface area contributed by atoms with Gasteiger partial charge in [0.1, 0.15) is 18.1 Å². The van der Waals surface area contributed by atoms with E-state index in [0.29, 0.717) is 19.0 Å². The van der Waals surface area contributed by atoms with Gasteiger partial charge in [0.2, 0.25) is 0 Å². The molecule has 0 saturated carbocycles. The lowest BCUT2D eigenvalue weighted by atomic mass is 9.78. The first-order valence-electron chi connectivity index (χ1n) is 13.0. The summed E-state index contributed by atoms with van der Waals surface area (Å²) >= 11 is 0. The first-order valence-corrected chi connectivity index (χ1v) is 13.0. The van der Waals surface area contributed by atoms with Crippen molar-refractivity contribution in [2.24, 2.45) is 0 Å². The van der Waals surface area contributed by atoms with Crippen LogP contribution >= 0.6 is 0 Å². The average molecular weight is 506 g/mol. The summed E-state index contributed by atoms with van der Waals surface area (Å²) < 4.78 is 31.7. The largest absolute Gasteiger partial charge is 0.494 e. The summed E-state index contributed by atoms with van der Waals surface area (Å²) in [7, 11) is -0.466. The fraction of sp³-hybridized carbons (Fsp3) is 0.500. The molecule has 8 nitrogen and oxygen atoms in total. The summed E-state index contributed by atoms with van der Waals surface area (Å²) in [5, 5.41) is 5.96. The van der Waals surface area contributed by atoms with Crippen LogP contribution < -0.4 is 10.2 Å². The normalized spacial score (nSPS) is 20.5. The number of hydrogen-bond acceptors (Lipinski definition) is 7. The third kappa shape index (κ3) is 5.13.